The summed E-state index contributed by atoms with van der Waals surface area (Å²) in [4.78, 5) is 9.79. The summed E-state index contributed by atoms with van der Waals surface area (Å²) in [5.41, 5.74) is 4.02. The number of aromatic nitrogens is 2. The van der Waals surface area contributed by atoms with Crippen molar-refractivity contribution in [2.75, 3.05) is 26.1 Å². The number of nitrogens with one attached hydrogen (secondary N) is 1. The molecule has 0 aliphatic heterocycles. The molecule has 0 aliphatic carbocycles. The van der Waals surface area contributed by atoms with Gasteiger partial charge in [0.2, 0.25) is 0 Å². The second kappa shape index (κ2) is 6.04. The Balaban J connectivity index is 1.91. The maximum Gasteiger partial charge on any atom is 0.161 e. The number of nitrogens with zero attached hydrogens (tertiary/aromatic N) is 2. The van der Waals surface area contributed by atoms with E-state index in [1.54, 1.807) is 24.4 Å². The molecule has 0 fully saturated rings. The Morgan fingerprint density at radius 1 is 1.04 bits per heavy atom. The highest BCUT2D eigenvalue weighted by Crippen LogP contribution is 2.31. The molecule has 2 aromatic carbocycles. The van der Waals surface area contributed by atoms with Crippen LogP contribution in [0, 0.1) is 0 Å². The lowest BCUT2D eigenvalue weighted by Gasteiger charge is -2.12. The minimum atomic E-state index is 0.113. The summed E-state index contributed by atoms with van der Waals surface area (Å²) in [6, 6.07) is 13.4. The van der Waals surface area contributed by atoms with Crippen molar-refractivity contribution in [2.45, 2.75) is 0 Å². The van der Waals surface area contributed by atoms with Crippen LogP contribution < -0.4 is 9.64 Å². The van der Waals surface area contributed by atoms with Crippen molar-refractivity contribution >= 4 is 5.69 Å². The topological polar surface area (TPSA) is 61.4 Å². The van der Waals surface area contributed by atoms with Crippen LogP contribution in [0.2, 0.25) is 0 Å². The molecule has 0 amide bonds. The first-order chi connectivity index (χ1) is 11.1. The number of aromatic amines is 1. The van der Waals surface area contributed by atoms with E-state index in [1.165, 1.54) is 7.11 Å². The average molecular weight is 309 g/mol. The van der Waals surface area contributed by atoms with Crippen LogP contribution >= 0.6 is 0 Å². The predicted octanol–water partition coefficient (Wildman–Crippen LogP) is 3.52. The van der Waals surface area contributed by atoms with E-state index >= 15 is 0 Å². The van der Waals surface area contributed by atoms with Gasteiger partial charge in [0.25, 0.3) is 0 Å². The molecule has 23 heavy (non-hydrogen) atoms. The molecule has 118 valence electrons. The van der Waals surface area contributed by atoms with Crippen LogP contribution in [0.25, 0.3) is 22.6 Å². The van der Waals surface area contributed by atoms with Crippen LogP contribution in [0.3, 0.4) is 0 Å². The lowest BCUT2D eigenvalue weighted by molar-refractivity contribution is 0.373. The molecule has 0 aliphatic rings. The molecule has 3 rings (SSSR count). The molecule has 1 heterocycles. The molecular formula is C18H19N3O2. The summed E-state index contributed by atoms with van der Waals surface area (Å²) in [7, 11) is 5.56. The van der Waals surface area contributed by atoms with Crippen molar-refractivity contribution in [3.8, 4) is 34.1 Å². The number of H-pyrrole nitrogens is 1. The van der Waals surface area contributed by atoms with E-state index in [0.29, 0.717) is 5.75 Å². The van der Waals surface area contributed by atoms with Gasteiger partial charge in [-0.05, 0) is 35.9 Å². The third-order valence-corrected chi connectivity index (χ3v) is 3.72. The van der Waals surface area contributed by atoms with Crippen molar-refractivity contribution in [3.63, 3.8) is 0 Å². The largest absolute Gasteiger partial charge is 0.504 e. The third-order valence-electron chi connectivity index (χ3n) is 3.72. The zero-order chi connectivity index (χ0) is 16.4. The SMILES string of the molecule is COc1cc(-c2ncc(-c3ccc(N(C)C)cc3)[nH]2)ccc1O. The van der Waals surface area contributed by atoms with Gasteiger partial charge in [0.05, 0.1) is 19.0 Å². The normalized spacial score (nSPS) is 10.6. The van der Waals surface area contributed by atoms with E-state index in [2.05, 4.69) is 39.1 Å². The fourth-order valence-corrected chi connectivity index (χ4v) is 2.38. The molecule has 3 aromatic rings. The number of imidazole rings is 1. The first kappa shape index (κ1) is 15.0. The van der Waals surface area contributed by atoms with Gasteiger partial charge in [0.15, 0.2) is 11.5 Å². The maximum absolute atomic E-state index is 9.68. The highest BCUT2D eigenvalue weighted by atomic mass is 16.5. The number of hydrogen-bond acceptors (Lipinski definition) is 4. The highest BCUT2D eigenvalue weighted by molar-refractivity contribution is 5.67. The monoisotopic (exact) mass is 309 g/mol. The van der Waals surface area contributed by atoms with Crippen LogP contribution in [-0.4, -0.2) is 36.3 Å². The minimum Gasteiger partial charge on any atom is -0.504 e. The van der Waals surface area contributed by atoms with Crippen LogP contribution in [0.15, 0.2) is 48.7 Å². The Kier molecular flexibility index (Phi) is 3.93. The van der Waals surface area contributed by atoms with Gasteiger partial charge in [-0.25, -0.2) is 4.98 Å². The number of hydrogen-bond donors (Lipinski definition) is 2. The number of aromatic hydroxyl groups is 1. The number of anilines is 1. The number of methoxy groups -OCH3 is 1. The average Bonchev–Trinajstić information content (AvgIpc) is 3.05. The van der Waals surface area contributed by atoms with Crippen molar-refractivity contribution in [2.24, 2.45) is 0 Å². The second-order valence-corrected chi connectivity index (χ2v) is 5.47. The van der Waals surface area contributed by atoms with Gasteiger partial charge in [-0.1, -0.05) is 12.1 Å². The minimum absolute atomic E-state index is 0.113. The zero-order valence-electron chi connectivity index (χ0n) is 13.4. The molecule has 0 unspecified atom stereocenters. The molecule has 0 bridgehead atoms. The summed E-state index contributed by atoms with van der Waals surface area (Å²) in [6.07, 6.45) is 1.80. The Bertz CT molecular complexity index is 807. The molecular weight excluding hydrogens is 290 g/mol. The second-order valence-electron chi connectivity index (χ2n) is 5.47. The fraction of sp³-hybridized carbons (Fsp3) is 0.167. The highest BCUT2D eigenvalue weighted by Gasteiger charge is 2.09. The predicted molar refractivity (Wildman–Crippen MR) is 92.0 cm³/mol. The Labute approximate surface area is 135 Å². The Hall–Kier alpha value is -2.95. The smallest absolute Gasteiger partial charge is 0.161 e. The first-order valence-corrected chi connectivity index (χ1v) is 7.28. The van der Waals surface area contributed by atoms with Gasteiger partial charge in [0, 0.05) is 25.3 Å². The molecule has 0 saturated carbocycles. The van der Waals surface area contributed by atoms with Crippen molar-refractivity contribution < 1.29 is 9.84 Å². The standard InChI is InChI=1S/C18H19N3O2/c1-21(2)14-7-4-12(5-8-14)15-11-19-18(20-15)13-6-9-16(22)17(10-13)23-3/h4-11,22H,1-3H3,(H,19,20). The lowest BCUT2D eigenvalue weighted by atomic mass is 10.1. The molecule has 0 atom stereocenters. The summed E-state index contributed by atoms with van der Waals surface area (Å²) in [6.45, 7) is 0. The summed E-state index contributed by atoms with van der Waals surface area (Å²) in [5, 5.41) is 9.68. The zero-order valence-corrected chi connectivity index (χ0v) is 13.4. The molecule has 5 nitrogen and oxygen atoms in total. The number of phenols is 1. The van der Waals surface area contributed by atoms with Crippen LogP contribution in [0.1, 0.15) is 0 Å². The quantitative estimate of drug-likeness (QED) is 0.774. The van der Waals surface area contributed by atoms with Gasteiger partial charge in [0.1, 0.15) is 5.82 Å². The van der Waals surface area contributed by atoms with Crippen LogP contribution in [0.4, 0.5) is 5.69 Å². The number of benzene rings is 2. The first-order valence-electron chi connectivity index (χ1n) is 7.28. The van der Waals surface area contributed by atoms with Gasteiger partial charge in [-0.15, -0.1) is 0 Å². The van der Waals surface area contributed by atoms with Gasteiger partial charge in [-0.3, -0.25) is 0 Å². The van der Waals surface area contributed by atoms with Crippen molar-refractivity contribution in [1.29, 1.82) is 0 Å². The third kappa shape index (κ3) is 2.99. The molecule has 0 saturated heterocycles. The number of phenolic OH excluding ortho intramolecular Hbond substituents is 1. The van der Waals surface area contributed by atoms with E-state index in [0.717, 1.165) is 28.3 Å². The molecule has 1 aromatic heterocycles. The molecule has 5 heteroatoms. The fourth-order valence-electron chi connectivity index (χ4n) is 2.38. The summed E-state index contributed by atoms with van der Waals surface area (Å²) < 4.78 is 5.14. The Morgan fingerprint density at radius 2 is 1.74 bits per heavy atom. The van der Waals surface area contributed by atoms with E-state index in [9.17, 15) is 5.11 Å². The van der Waals surface area contributed by atoms with Crippen LogP contribution in [-0.2, 0) is 0 Å². The van der Waals surface area contributed by atoms with Crippen molar-refractivity contribution in [1.82, 2.24) is 9.97 Å². The summed E-state index contributed by atoms with van der Waals surface area (Å²) >= 11 is 0. The number of ether oxygens (including phenoxy) is 1. The molecule has 0 spiro atoms. The lowest BCUT2D eigenvalue weighted by Crippen LogP contribution is -2.07. The maximum atomic E-state index is 9.68. The van der Waals surface area contributed by atoms with Crippen LogP contribution in [0.5, 0.6) is 11.5 Å². The van der Waals surface area contributed by atoms with Gasteiger partial charge >= 0.3 is 0 Å². The molecule has 2 N–H and O–H groups in total. The van der Waals surface area contributed by atoms with Crippen molar-refractivity contribution in [3.05, 3.63) is 48.7 Å². The molecule has 0 radical (unpaired) electrons. The number of rotatable bonds is 4. The summed E-state index contributed by atoms with van der Waals surface area (Å²) in [5.74, 6) is 1.27. The van der Waals surface area contributed by atoms with E-state index in [-0.39, 0.29) is 5.75 Å². The van der Waals surface area contributed by atoms with Gasteiger partial charge < -0.3 is 19.7 Å². The van der Waals surface area contributed by atoms with Gasteiger partial charge in [-0.2, -0.15) is 0 Å². The van der Waals surface area contributed by atoms with E-state index < -0.39 is 0 Å². The Morgan fingerprint density at radius 3 is 2.39 bits per heavy atom. The van der Waals surface area contributed by atoms with E-state index in [1.807, 2.05) is 14.1 Å². The van der Waals surface area contributed by atoms with E-state index in [4.69, 9.17) is 4.74 Å².